The van der Waals surface area contributed by atoms with E-state index in [0.29, 0.717) is 17.0 Å². The van der Waals surface area contributed by atoms with Crippen molar-refractivity contribution in [2.24, 2.45) is 22.4 Å². The lowest BCUT2D eigenvalue weighted by Gasteiger charge is -2.15. The molecule has 1 aromatic carbocycles. The molecule has 0 bridgehead atoms. The second-order valence-corrected chi connectivity index (χ2v) is 6.87. The number of hydrogen-bond donors (Lipinski definition) is 1. The molecule has 122 valence electrons. The number of amides is 1. The van der Waals surface area contributed by atoms with Crippen LogP contribution in [0.3, 0.4) is 0 Å². The maximum Gasteiger partial charge on any atom is 0.272 e. The first-order valence-corrected chi connectivity index (χ1v) is 8.01. The molecule has 3 rings (SSSR count). The minimum Gasteiger partial charge on any atom is -0.273 e. The van der Waals surface area contributed by atoms with Crippen molar-refractivity contribution in [3.8, 4) is 0 Å². The number of hydrazone groups is 1. The molecule has 1 amide bonds. The van der Waals surface area contributed by atoms with Gasteiger partial charge in [0.1, 0.15) is 0 Å². The Morgan fingerprint density at radius 3 is 2.91 bits per heavy atom. The number of rotatable bonds is 4. The zero-order chi connectivity index (χ0) is 16.6. The van der Waals surface area contributed by atoms with E-state index >= 15 is 0 Å². The molecule has 0 heterocycles. The highest BCUT2D eigenvalue weighted by molar-refractivity contribution is 5.86. The summed E-state index contributed by atoms with van der Waals surface area (Å²) >= 11 is 0. The molecule has 2 fully saturated rings. The van der Waals surface area contributed by atoms with Crippen LogP contribution in [-0.4, -0.2) is 17.0 Å². The third kappa shape index (κ3) is 2.85. The van der Waals surface area contributed by atoms with Crippen LogP contribution in [0.2, 0.25) is 0 Å². The Morgan fingerprint density at radius 1 is 1.48 bits per heavy atom. The van der Waals surface area contributed by atoms with Gasteiger partial charge in [-0.05, 0) is 31.1 Å². The van der Waals surface area contributed by atoms with E-state index in [1.807, 2.05) is 0 Å². The van der Waals surface area contributed by atoms with Gasteiger partial charge in [0, 0.05) is 23.1 Å². The lowest BCUT2D eigenvalue weighted by atomic mass is 9.90. The van der Waals surface area contributed by atoms with Crippen molar-refractivity contribution in [2.45, 2.75) is 39.5 Å². The van der Waals surface area contributed by atoms with Crippen molar-refractivity contribution in [2.75, 3.05) is 0 Å². The van der Waals surface area contributed by atoms with E-state index in [9.17, 15) is 14.9 Å². The largest absolute Gasteiger partial charge is 0.273 e. The first-order chi connectivity index (χ1) is 10.9. The Hall–Kier alpha value is -2.24. The smallest absolute Gasteiger partial charge is 0.272 e. The van der Waals surface area contributed by atoms with Gasteiger partial charge in [-0.15, -0.1) is 0 Å². The van der Waals surface area contributed by atoms with Crippen molar-refractivity contribution in [1.29, 1.82) is 0 Å². The number of carbonyl (C=O) groups is 1. The summed E-state index contributed by atoms with van der Waals surface area (Å²) < 4.78 is 0. The Kier molecular flexibility index (Phi) is 3.92. The standard InChI is InChI=1S/C17H21N3O3/c1-11-6-7-12(9-14(11)20(22)23)10-18-19-16(21)15-13-5-3-4-8-17(13,15)2/h6-7,9-10,13,15H,3-5,8H2,1-2H3,(H,19,21)/b18-10+. The molecule has 0 aliphatic heterocycles. The molecule has 6 nitrogen and oxygen atoms in total. The van der Waals surface area contributed by atoms with Crippen LogP contribution in [0, 0.1) is 34.3 Å². The number of aryl methyl sites for hydroxylation is 1. The summed E-state index contributed by atoms with van der Waals surface area (Å²) in [7, 11) is 0. The second kappa shape index (κ2) is 5.76. The molecular formula is C17H21N3O3. The van der Waals surface area contributed by atoms with Crippen molar-refractivity contribution in [1.82, 2.24) is 5.43 Å². The van der Waals surface area contributed by atoms with E-state index < -0.39 is 4.92 Å². The third-order valence-corrected chi connectivity index (χ3v) is 5.43. The zero-order valence-electron chi connectivity index (χ0n) is 13.4. The van der Waals surface area contributed by atoms with Crippen LogP contribution in [0.4, 0.5) is 5.69 Å². The average Bonchev–Trinajstić information content (AvgIpc) is 3.14. The fraction of sp³-hybridized carbons (Fsp3) is 0.529. The number of fused-ring (bicyclic) bond motifs is 1. The van der Waals surface area contributed by atoms with E-state index in [2.05, 4.69) is 17.5 Å². The van der Waals surface area contributed by atoms with Crippen LogP contribution in [0.25, 0.3) is 0 Å². The maximum atomic E-state index is 12.3. The highest BCUT2D eigenvalue weighted by Crippen LogP contribution is 2.66. The molecule has 3 atom stereocenters. The number of hydrogen-bond acceptors (Lipinski definition) is 4. The Morgan fingerprint density at radius 2 is 2.26 bits per heavy atom. The number of nitro benzene ring substituents is 1. The minimum atomic E-state index is -0.416. The predicted octanol–water partition coefficient (Wildman–Crippen LogP) is 3.18. The molecule has 23 heavy (non-hydrogen) atoms. The zero-order valence-corrected chi connectivity index (χ0v) is 13.4. The second-order valence-electron chi connectivity index (χ2n) is 6.87. The Bertz CT molecular complexity index is 686. The molecule has 3 unspecified atom stereocenters. The lowest BCUT2D eigenvalue weighted by Crippen LogP contribution is -2.22. The van der Waals surface area contributed by atoms with Crippen LogP contribution in [0.1, 0.15) is 43.7 Å². The van der Waals surface area contributed by atoms with Gasteiger partial charge < -0.3 is 0 Å². The molecule has 0 radical (unpaired) electrons. The fourth-order valence-electron chi connectivity index (χ4n) is 3.99. The van der Waals surface area contributed by atoms with Crippen LogP contribution < -0.4 is 5.43 Å². The average molecular weight is 315 g/mol. The topological polar surface area (TPSA) is 84.6 Å². The molecule has 0 aromatic heterocycles. The number of nitrogens with zero attached hydrogens (tertiary/aromatic N) is 2. The van der Waals surface area contributed by atoms with E-state index in [-0.39, 0.29) is 22.9 Å². The van der Waals surface area contributed by atoms with E-state index in [4.69, 9.17) is 0 Å². The lowest BCUT2D eigenvalue weighted by molar-refractivity contribution is -0.385. The highest BCUT2D eigenvalue weighted by Gasteiger charge is 2.64. The molecule has 2 aliphatic carbocycles. The van der Waals surface area contributed by atoms with Crippen LogP contribution in [0.5, 0.6) is 0 Å². The van der Waals surface area contributed by atoms with E-state index in [0.717, 1.165) is 12.8 Å². The normalized spacial score (nSPS) is 29.1. The van der Waals surface area contributed by atoms with Crippen LogP contribution >= 0.6 is 0 Å². The van der Waals surface area contributed by atoms with Gasteiger partial charge in [0.05, 0.1) is 11.1 Å². The summed E-state index contributed by atoms with van der Waals surface area (Å²) in [5, 5.41) is 14.9. The number of benzene rings is 1. The molecule has 1 aromatic rings. The van der Waals surface area contributed by atoms with Crippen molar-refractivity contribution in [3.63, 3.8) is 0 Å². The monoisotopic (exact) mass is 315 g/mol. The van der Waals surface area contributed by atoms with Gasteiger partial charge in [-0.2, -0.15) is 5.10 Å². The molecule has 2 aliphatic rings. The van der Waals surface area contributed by atoms with Crippen molar-refractivity contribution < 1.29 is 9.72 Å². The van der Waals surface area contributed by atoms with Gasteiger partial charge in [-0.25, -0.2) is 5.43 Å². The molecule has 6 heteroatoms. The van der Waals surface area contributed by atoms with E-state index in [1.165, 1.54) is 25.1 Å². The highest BCUT2D eigenvalue weighted by atomic mass is 16.6. The summed E-state index contributed by atoms with van der Waals surface area (Å²) in [6.07, 6.45) is 6.11. The Labute approximate surface area is 135 Å². The van der Waals surface area contributed by atoms with Crippen LogP contribution in [-0.2, 0) is 4.79 Å². The molecule has 2 saturated carbocycles. The summed E-state index contributed by atoms with van der Waals surface area (Å²) in [6, 6.07) is 4.89. The molecular weight excluding hydrogens is 294 g/mol. The molecule has 1 N–H and O–H groups in total. The van der Waals surface area contributed by atoms with Crippen molar-refractivity contribution >= 4 is 17.8 Å². The first kappa shape index (κ1) is 15.6. The quantitative estimate of drug-likeness (QED) is 0.526. The Balaban J connectivity index is 1.62. The van der Waals surface area contributed by atoms with E-state index in [1.54, 1.807) is 19.1 Å². The maximum absolute atomic E-state index is 12.3. The summed E-state index contributed by atoms with van der Waals surface area (Å²) in [5.74, 6) is 0.527. The molecule has 0 spiro atoms. The third-order valence-electron chi connectivity index (χ3n) is 5.43. The van der Waals surface area contributed by atoms with Crippen LogP contribution in [0.15, 0.2) is 23.3 Å². The molecule has 0 saturated heterocycles. The fourth-order valence-corrected chi connectivity index (χ4v) is 3.99. The summed E-state index contributed by atoms with van der Waals surface area (Å²) in [5.41, 5.74) is 4.01. The number of carbonyl (C=O) groups excluding carboxylic acids is 1. The predicted molar refractivity (Wildman–Crippen MR) is 87.1 cm³/mol. The van der Waals surface area contributed by atoms with Gasteiger partial charge >= 0.3 is 0 Å². The minimum absolute atomic E-state index is 0.0303. The SMILES string of the molecule is Cc1ccc(/C=N/NC(=O)C2C3CCCCC32C)cc1[N+](=O)[O-]. The summed E-state index contributed by atoms with van der Waals surface area (Å²) in [4.78, 5) is 22.8. The number of nitro groups is 1. The van der Waals surface area contributed by atoms with Gasteiger partial charge in [-0.3, -0.25) is 14.9 Å². The summed E-state index contributed by atoms with van der Waals surface area (Å²) in [6.45, 7) is 3.88. The van der Waals surface area contributed by atoms with Crippen molar-refractivity contribution in [3.05, 3.63) is 39.4 Å². The van der Waals surface area contributed by atoms with Gasteiger partial charge in [0.15, 0.2) is 0 Å². The number of nitrogens with one attached hydrogen (secondary N) is 1. The van der Waals surface area contributed by atoms with Gasteiger partial charge in [0.25, 0.3) is 5.69 Å². The van der Waals surface area contributed by atoms with Gasteiger partial charge in [0.2, 0.25) is 5.91 Å². The van der Waals surface area contributed by atoms with Gasteiger partial charge in [-0.1, -0.05) is 31.9 Å². The first-order valence-electron chi connectivity index (χ1n) is 8.01.